The van der Waals surface area contributed by atoms with Gasteiger partial charge in [-0.2, -0.15) is 4.57 Å². The van der Waals surface area contributed by atoms with Crippen molar-refractivity contribution in [1.82, 2.24) is 9.55 Å². The minimum atomic E-state index is 0.00668. The monoisotopic (exact) mass is 344 g/mol. The Labute approximate surface area is 154 Å². The van der Waals surface area contributed by atoms with Crippen LogP contribution < -0.4 is 4.57 Å². The van der Waals surface area contributed by atoms with Crippen molar-refractivity contribution in [3.63, 3.8) is 0 Å². The first kappa shape index (κ1) is 16.8. The number of hydrogen-bond acceptors (Lipinski definition) is 1. The van der Waals surface area contributed by atoms with Crippen LogP contribution in [0.4, 0.5) is 0 Å². The molecule has 0 saturated carbocycles. The Balaban J connectivity index is 2.19. The third kappa shape index (κ3) is 2.42. The lowest BCUT2D eigenvalue weighted by molar-refractivity contribution is -0.668. The summed E-state index contributed by atoms with van der Waals surface area (Å²) in [7, 11) is 2.07. The zero-order valence-corrected chi connectivity index (χ0v) is 16.5. The fourth-order valence-corrected chi connectivity index (χ4v) is 3.63. The van der Waals surface area contributed by atoms with Crippen LogP contribution in [-0.2, 0) is 12.5 Å². The van der Waals surface area contributed by atoms with Crippen LogP contribution in [0.2, 0.25) is 0 Å². The van der Waals surface area contributed by atoms with Gasteiger partial charge in [0.1, 0.15) is 16.7 Å². The van der Waals surface area contributed by atoms with Gasteiger partial charge in [-0.3, -0.25) is 0 Å². The fourth-order valence-electron chi connectivity index (χ4n) is 3.63. The van der Waals surface area contributed by atoms with E-state index in [1.807, 2.05) is 0 Å². The molecule has 0 amide bonds. The van der Waals surface area contributed by atoms with Crippen molar-refractivity contribution >= 4 is 21.8 Å². The lowest BCUT2D eigenvalue weighted by atomic mass is 9.92. The summed E-state index contributed by atoms with van der Waals surface area (Å²) in [5, 5.41) is 2.56. The zero-order valence-electron chi connectivity index (χ0n) is 16.5. The summed E-state index contributed by atoms with van der Waals surface area (Å²) in [6.45, 7) is 11.0. The minimum absolute atomic E-state index is 0.00668. The smallest absolute Gasteiger partial charge is 0.238 e. The number of benzene rings is 2. The second-order valence-electron chi connectivity index (χ2n) is 8.23. The van der Waals surface area contributed by atoms with Crippen LogP contribution in [0.3, 0.4) is 0 Å². The number of hydrogen-bond donors (Lipinski definition) is 0. The lowest BCUT2D eigenvalue weighted by Gasteiger charge is -2.15. The van der Waals surface area contributed by atoms with E-state index in [1.54, 1.807) is 0 Å². The van der Waals surface area contributed by atoms with Crippen LogP contribution in [0.25, 0.3) is 27.8 Å². The van der Waals surface area contributed by atoms with Gasteiger partial charge in [0.2, 0.25) is 0 Å². The summed E-state index contributed by atoms with van der Waals surface area (Å²) in [4.78, 5) is 5.08. The first-order chi connectivity index (χ1) is 12.3. The molecule has 2 aromatic carbocycles. The molecule has 132 valence electrons. The van der Waals surface area contributed by atoms with Crippen LogP contribution in [0.15, 0.2) is 48.7 Å². The average molecular weight is 344 g/mol. The van der Waals surface area contributed by atoms with E-state index in [2.05, 4.69) is 99.5 Å². The minimum Gasteiger partial charge on any atom is -0.238 e. The predicted octanol–water partition coefficient (Wildman–Crippen LogP) is 4.92. The van der Waals surface area contributed by atoms with Crippen molar-refractivity contribution in [2.75, 3.05) is 0 Å². The van der Waals surface area contributed by atoms with Crippen LogP contribution in [0, 0.1) is 13.8 Å². The van der Waals surface area contributed by atoms with Crippen molar-refractivity contribution in [1.29, 1.82) is 0 Å². The number of fused-ring (bicyclic) bond motifs is 3. The van der Waals surface area contributed by atoms with Crippen molar-refractivity contribution in [3.05, 3.63) is 65.5 Å². The largest absolute Gasteiger partial charge is 0.404 e. The summed E-state index contributed by atoms with van der Waals surface area (Å²) in [5.74, 6) is 0.956. The van der Waals surface area contributed by atoms with Crippen molar-refractivity contribution in [2.45, 2.75) is 40.0 Å². The van der Waals surface area contributed by atoms with Crippen molar-refractivity contribution in [2.24, 2.45) is 7.05 Å². The molecular formula is C23H26N3+. The van der Waals surface area contributed by atoms with E-state index < -0.39 is 0 Å². The molecule has 26 heavy (non-hydrogen) atoms. The van der Waals surface area contributed by atoms with Gasteiger partial charge in [0.25, 0.3) is 0 Å². The Kier molecular flexibility index (Phi) is 3.65. The lowest BCUT2D eigenvalue weighted by Crippen LogP contribution is -2.36. The molecule has 3 nitrogen and oxygen atoms in total. The molecule has 0 unspecified atom stereocenters. The van der Waals surface area contributed by atoms with Crippen LogP contribution in [-0.4, -0.2) is 9.55 Å². The van der Waals surface area contributed by atoms with Gasteiger partial charge in [-0.15, -0.1) is 0 Å². The topological polar surface area (TPSA) is 21.7 Å². The Hall–Kier alpha value is -2.68. The number of para-hydroxylation sites is 1. The maximum Gasteiger partial charge on any atom is 0.404 e. The van der Waals surface area contributed by atoms with Crippen molar-refractivity contribution in [3.8, 4) is 5.95 Å². The van der Waals surface area contributed by atoms with Crippen LogP contribution in [0.1, 0.15) is 37.6 Å². The van der Waals surface area contributed by atoms with E-state index in [-0.39, 0.29) is 5.41 Å². The predicted molar refractivity (Wildman–Crippen MR) is 108 cm³/mol. The van der Waals surface area contributed by atoms with Gasteiger partial charge in [0.05, 0.1) is 13.2 Å². The van der Waals surface area contributed by atoms with Crippen LogP contribution >= 0.6 is 0 Å². The van der Waals surface area contributed by atoms with E-state index in [0.717, 1.165) is 11.6 Å². The molecule has 4 rings (SSSR count). The summed E-state index contributed by atoms with van der Waals surface area (Å²) < 4.78 is 4.44. The molecule has 0 saturated heterocycles. The number of aromatic nitrogens is 3. The highest BCUT2D eigenvalue weighted by Crippen LogP contribution is 2.34. The third-order valence-electron chi connectivity index (χ3n) is 5.32. The number of nitrogens with zero attached hydrogens (tertiary/aromatic N) is 3. The second kappa shape index (κ2) is 5.66. The van der Waals surface area contributed by atoms with Gasteiger partial charge in [-0.05, 0) is 31.0 Å². The molecule has 2 heterocycles. The maximum absolute atomic E-state index is 5.08. The second-order valence-corrected chi connectivity index (χ2v) is 8.23. The Morgan fingerprint density at radius 1 is 0.923 bits per heavy atom. The Morgan fingerprint density at radius 2 is 1.65 bits per heavy atom. The quantitative estimate of drug-likeness (QED) is 0.449. The van der Waals surface area contributed by atoms with E-state index >= 15 is 0 Å². The highest BCUT2D eigenvalue weighted by molar-refractivity contribution is 6.10. The molecular weight excluding hydrogens is 318 g/mol. The van der Waals surface area contributed by atoms with E-state index in [9.17, 15) is 0 Å². The molecule has 0 fully saturated rings. The molecule has 3 heteroatoms. The highest BCUT2D eigenvalue weighted by Gasteiger charge is 2.27. The van der Waals surface area contributed by atoms with Crippen molar-refractivity contribution < 1.29 is 4.57 Å². The normalized spacial score (nSPS) is 12.2. The SMILES string of the molecule is Cc1ccc2c3ccccc3n(-c3nc(C(C)(C)C)cc[n+]3C)c2c1C. The van der Waals surface area contributed by atoms with E-state index in [4.69, 9.17) is 4.98 Å². The summed E-state index contributed by atoms with van der Waals surface area (Å²) in [5.41, 5.74) is 6.16. The third-order valence-corrected chi connectivity index (χ3v) is 5.32. The summed E-state index contributed by atoms with van der Waals surface area (Å²) >= 11 is 0. The summed E-state index contributed by atoms with van der Waals surface area (Å²) in [6.07, 6.45) is 2.12. The molecule has 0 N–H and O–H groups in total. The van der Waals surface area contributed by atoms with Crippen LogP contribution in [0.5, 0.6) is 0 Å². The maximum atomic E-state index is 5.08. The van der Waals surface area contributed by atoms with Gasteiger partial charge in [0, 0.05) is 22.3 Å². The number of aryl methyl sites for hydroxylation is 3. The van der Waals surface area contributed by atoms with E-state index in [0.29, 0.717) is 0 Å². The molecule has 0 radical (unpaired) electrons. The average Bonchev–Trinajstić information content (AvgIpc) is 2.93. The molecule has 2 aromatic heterocycles. The van der Waals surface area contributed by atoms with Gasteiger partial charge >= 0.3 is 5.95 Å². The van der Waals surface area contributed by atoms with Gasteiger partial charge in [-0.25, -0.2) is 4.57 Å². The molecule has 4 aromatic rings. The standard InChI is InChI=1S/C23H26N3/c1-15-11-12-18-17-9-7-8-10-19(17)26(21(18)16(15)2)22-24-20(23(3,4)5)13-14-25(22)6/h7-14H,1-6H3/q+1. The van der Waals surface area contributed by atoms with Gasteiger partial charge < -0.3 is 0 Å². The Bertz CT molecular complexity index is 1140. The molecule has 0 spiro atoms. The summed E-state index contributed by atoms with van der Waals surface area (Å²) in [6, 6.07) is 15.2. The van der Waals surface area contributed by atoms with Gasteiger partial charge in [0.15, 0.2) is 0 Å². The molecule has 0 aliphatic rings. The Morgan fingerprint density at radius 3 is 2.38 bits per heavy atom. The van der Waals surface area contributed by atoms with Gasteiger partial charge in [-0.1, -0.05) is 56.1 Å². The molecule has 0 atom stereocenters. The molecule has 0 bridgehead atoms. The molecule has 0 aliphatic carbocycles. The zero-order chi connectivity index (χ0) is 18.6. The molecule has 0 aliphatic heterocycles. The highest BCUT2D eigenvalue weighted by atomic mass is 15.2. The first-order valence-corrected chi connectivity index (χ1v) is 9.16. The van der Waals surface area contributed by atoms with E-state index in [1.165, 1.54) is 32.9 Å². The fraction of sp³-hybridized carbons (Fsp3) is 0.304. The number of rotatable bonds is 1. The first-order valence-electron chi connectivity index (χ1n) is 9.16.